The molecule has 5 nitrogen and oxygen atoms in total. The van der Waals surface area contributed by atoms with E-state index in [1.54, 1.807) is 0 Å². The van der Waals surface area contributed by atoms with Crippen LogP contribution in [0, 0.1) is 0 Å². The molecule has 0 saturated carbocycles. The molecular formula is C82H54BN5. The molecule has 0 radical (unpaired) electrons. The van der Waals surface area contributed by atoms with Gasteiger partial charge in [-0.3, -0.25) is 0 Å². The van der Waals surface area contributed by atoms with Crippen molar-refractivity contribution in [1.29, 1.82) is 0 Å². The van der Waals surface area contributed by atoms with Crippen molar-refractivity contribution < 1.29 is 0 Å². The van der Waals surface area contributed by atoms with Crippen molar-refractivity contribution in [3.8, 4) is 84.1 Å². The number of aromatic nitrogens is 3. The molecule has 0 amide bonds. The lowest BCUT2D eigenvalue weighted by atomic mass is 9.33. The molecule has 2 aliphatic heterocycles. The van der Waals surface area contributed by atoms with Gasteiger partial charge in [0, 0.05) is 67.2 Å². The van der Waals surface area contributed by atoms with Crippen LogP contribution in [0.3, 0.4) is 0 Å². The van der Waals surface area contributed by atoms with Crippen LogP contribution in [0.5, 0.6) is 0 Å². The summed E-state index contributed by atoms with van der Waals surface area (Å²) < 4.78 is 2.46. The van der Waals surface area contributed by atoms with Gasteiger partial charge >= 0.3 is 0 Å². The highest BCUT2D eigenvalue weighted by Crippen LogP contribution is 2.46. The Bertz CT molecular complexity index is 4990. The summed E-state index contributed by atoms with van der Waals surface area (Å²) in [6, 6.07) is 119. The number of rotatable bonds is 10. The predicted octanol–water partition coefficient (Wildman–Crippen LogP) is 19.3. The van der Waals surface area contributed by atoms with E-state index in [0.717, 1.165) is 78.4 Å². The molecule has 13 aromatic carbocycles. The zero-order valence-corrected chi connectivity index (χ0v) is 48.0. The lowest BCUT2D eigenvalue weighted by Crippen LogP contribution is -2.61. The summed E-state index contributed by atoms with van der Waals surface area (Å²) >= 11 is 0. The third-order valence-electron chi connectivity index (χ3n) is 17.8. The van der Waals surface area contributed by atoms with Crippen molar-refractivity contribution in [1.82, 2.24) is 14.5 Å². The third-order valence-corrected chi connectivity index (χ3v) is 17.8. The van der Waals surface area contributed by atoms with Crippen molar-refractivity contribution in [2.75, 3.05) is 9.80 Å². The molecule has 0 atom stereocenters. The Kier molecular flexibility index (Phi) is 12.2. The Morgan fingerprint density at radius 1 is 0.250 bits per heavy atom. The van der Waals surface area contributed by atoms with Gasteiger partial charge in [-0.2, -0.15) is 0 Å². The van der Waals surface area contributed by atoms with E-state index in [-0.39, 0.29) is 6.71 Å². The van der Waals surface area contributed by atoms with Gasteiger partial charge in [0.2, 0.25) is 0 Å². The number of hydrogen-bond donors (Lipinski definition) is 0. The van der Waals surface area contributed by atoms with Crippen molar-refractivity contribution in [3.05, 3.63) is 328 Å². The number of benzene rings is 13. The first-order chi connectivity index (χ1) is 43.6. The summed E-state index contributed by atoms with van der Waals surface area (Å²) in [7, 11) is 0. The fraction of sp³-hybridized carbons (Fsp3) is 0. The molecule has 0 N–H and O–H groups in total. The van der Waals surface area contributed by atoms with E-state index in [1.165, 1.54) is 72.2 Å². The molecule has 6 heteroatoms. The molecule has 4 heterocycles. The molecule has 17 rings (SSSR count). The van der Waals surface area contributed by atoms with Crippen LogP contribution in [0.15, 0.2) is 328 Å². The molecule has 2 aliphatic rings. The molecule has 0 unspecified atom stereocenters. The van der Waals surface area contributed by atoms with E-state index in [4.69, 9.17) is 9.97 Å². The van der Waals surface area contributed by atoms with Gasteiger partial charge in [-0.25, -0.2) is 9.97 Å². The fourth-order valence-corrected chi connectivity index (χ4v) is 13.7. The van der Waals surface area contributed by atoms with Crippen LogP contribution in [0.4, 0.5) is 34.1 Å². The monoisotopic (exact) mass is 1120 g/mol. The minimum absolute atomic E-state index is 0.0697. The van der Waals surface area contributed by atoms with Crippen molar-refractivity contribution in [2.45, 2.75) is 0 Å². The average Bonchev–Trinajstić information content (AvgIpc) is 1.26. The average molecular weight is 1120 g/mol. The van der Waals surface area contributed by atoms with Gasteiger partial charge in [0.15, 0.2) is 5.82 Å². The predicted molar refractivity (Wildman–Crippen MR) is 368 cm³/mol. The van der Waals surface area contributed by atoms with Crippen LogP contribution in [0.25, 0.3) is 106 Å². The van der Waals surface area contributed by atoms with Crippen LogP contribution >= 0.6 is 0 Å². The molecule has 0 saturated heterocycles. The van der Waals surface area contributed by atoms with Gasteiger partial charge in [0.1, 0.15) is 0 Å². The summed E-state index contributed by atoms with van der Waals surface area (Å²) in [5, 5.41) is 2.37. The summed E-state index contributed by atoms with van der Waals surface area (Å²) in [6.45, 7) is 0.0697. The van der Waals surface area contributed by atoms with Gasteiger partial charge in [0.05, 0.1) is 28.1 Å². The van der Waals surface area contributed by atoms with Gasteiger partial charge < -0.3 is 14.4 Å². The van der Waals surface area contributed by atoms with Crippen molar-refractivity contribution >= 4 is 79.0 Å². The first kappa shape index (κ1) is 50.9. The molecule has 88 heavy (non-hydrogen) atoms. The highest BCUT2D eigenvalue weighted by molar-refractivity contribution is 7.00. The normalized spacial score (nSPS) is 12.2. The zero-order valence-electron chi connectivity index (χ0n) is 48.0. The van der Waals surface area contributed by atoms with E-state index >= 15 is 0 Å². The number of fused-ring (bicyclic) bond motifs is 7. The SMILES string of the molecule is c1ccc(-c2ccc3c(c2)c2cc(-c4ccccc4)ccc2n3-c2ccc(-c3nc(-c4ccccc4)cc(-c4ccccc4)n3)cc2-c2ccc(-c3cccc(N4c5ccccc5B5c6ccccc6N(c6ccccc6)c6cccc4c65)c3)cc2)cc1. The zero-order chi connectivity index (χ0) is 58.1. The van der Waals surface area contributed by atoms with Crippen molar-refractivity contribution in [3.63, 3.8) is 0 Å². The van der Waals surface area contributed by atoms with E-state index < -0.39 is 0 Å². The van der Waals surface area contributed by atoms with Crippen LogP contribution in [0.1, 0.15) is 0 Å². The largest absolute Gasteiger partial charge is 0.311 e. The Morgan fingerprint density at radius 2 is 0.648 bits per heavy atom. The minimum Gasteiger partial charge on any atom is -0.311 e. The highest BCUT2D eigenvalue weighted by Gasteiger charge is 2.43. The van der Waals surface area contributed by atoms with Gasteiger partial charge in [-0.15, -0.1) is 0 Å². The fourth-order valence-electron chi connectivity index (χ4n) is 13.7. The second-order valence-corrected chi connectivity index (χ2v) is 22.9. The molecular weight excluding hydrogens is 1070 g/mol. The second-order valence-electron chi connectivity index (χ2n) is 22.9. The Labute approximate surface area is 512 Å². The summed E-state index contributed by atoms with van der Waals surface area (Å²) in [5.41, 5.74) is 28.1. The van der Waals surface area contributed by atoms with Gasteiger partial charge in [-0.1, -0.05) is 231 Å². The summed E-state index contributed by atoms with van der Waals surface area (Å²) in [4.78, 5) is 15.6. The highest BCUT2D eigenvalue weighted by atomic mass is 15.2. The smallest absolute Gasteiger partial charge is 0.252 e. The molecule has 0 spiro atoms. The van der Waals surface area contributed by atoms with E-state index in [2.05, 4.69) is 330 Å². The van der Waals surface area contributed by atoms with Crippen LogP contribution < -0.4 is 26.2 Å². The first-order valence-electron chi connectivity index (χ1n) is 30.2. The molecule has 410 valence electrons. The lowest BCUT2D eigenvalue weighted by Gasteiger charge is -2.44. The van der Waals surface area contributed by atoms with Gasteiger partial charge in [-0.05, 0) is 152 Å². The maximum atomic E-state index is 5.35. The van der Waals surface area contributed by atoms with E-state index in [9.17, 15) is 0 Å². The van der Waals surface area contributed by atoms with E-state index in [0.29, 0.717) is 5.82 Å². The standard InChI is InChI=1S/C82H54BN5/c1-6-22-55(23-7-1)62-44-47-75-68(51-62)69-52-63(56-24-8-2-9-25-56)45-48-76(69)88(75)74-49-46-64(82-84-72(59-26-10-3-11-27-59)54-73(85-82)60-28-12-4-13-29-60)53-67(74)58-42-40-57(41-43-58)61-30-20-33-66(50-61)87-78-37-19-17-35-71(78)83-70-34-16-18-36-77(70)86(65-31-14-5-15-32-65)79-38-21-39-80(87)81(79)83/h1-54H. The third kappa shape index (κ3) is 8.64. The lowest BCUT2D eigenvalue weighted by molar-refractivity contribution is 1.16. The molecule has 0 fully saturated rings. The Morgan fingerprint density at radius 3 is 1.20 bits per heavy atom. The van der Waals surface area contributed by atoms with Gasteiger partial charge in [0.25, 0.3) is 6.71 Å². The molecule has 2 aromatic heterocycles. The van der Waals surface area contributed by atoms with E-state index in [1.807, 2.05) is 12.1 Å². The summed E-state index contributed by atoms with van der Waals surface area (Å²) in [6.07, 6.45) is 0. The quantitative estimate of drug-likeness (QED) is 0.128. The van der Waals surface area contributed by atoms with Crippen molar-refractivity contribution in [2.24, 2.45) is 0 Å². The molecule has 15 aromatic rings. The number of para-hydroxylation sites is 3. The summed E-state index contributed by atoms with van der Waals surface area (Å²) in [5.74, 6) is 0.658. The Hall–Kier alpha value is -11.6. The second kappa shape index (κ2) is 21.2. The number of nitrogens with zero attached hydrogens (tertiary/aromatic N) is 5. The van der Waals surface area contributed by atoms with Crippen LogP contribution in [0.2, 0.25) is 0 Å². The van der Waals surface area contributed by atoms with Crippen LogP contribution in [-0.4, -0.2) is 21.2 Å². The maximum absolute atomic E-state index is 5.35. The Balaban J connectivity index is 0.825. The first-order valence-corrected chi connectivity index (χ1v) is 30.2. The minimum atomic E-state index is 0.0697. The maximum Gasteiger partial charge on any atom is 0.252 e. The topological polar surface area (TPSA) is 37.2 Å². The molecule has 0 bridgehead atoms. The van der Waals surface area contributed by atoms with Crippen LogP contribution in [-0.2, 0) is 0 Å². The number of hydrogen-bond acceptors (Lipinski definition) is 4. The molecule has 0 aliphatic carbocycles. The number of anilines is 6.